The average Bonchev–Trinajstić information content (AvgIpc) is 2.73. The number of anilines is 1. The molecule has 1 atom stereocenters. The SMILES string of the molecule is COC(=O)c1cc(NC(=O)N2CCC[C@@H](N)CC2)ccc1Cl. The lowest BCUT2D eigenvalue weighted by Gasteiger charge is -2.21. The average molecular weight is 326 g/mol. The van der Waals surface area contributed by atoms with E-state index < -0.39 is 5.97 Å². The van der Waals surface area contributed by atoms with Gasteiger partial charge < -0.3 is 20.7 Å². The van der Waals surface area contributed by atoms with E-state index in [1.54, 1.807) is 17.0 Å². The van der Waals surface area contributed by atoms with Gasteiger partial charge in [0.05, 0.1) is 17.7 Å². The molecule has 0 spiro atoms. The summed E-state index contributed by atoms with van der Waals surface area (Å²) in [4.78, 5) is 25.6. The largest absolute Gasteiger partial charge is 0.465 e. The summed E-state index contributed by atoms with van der Waals surface area (Å²) in [6.07, 6.45) is 2.61. The van der Waals surface area contributed by atoms with Crippen LogP contribution in [0, 0.1) is 0 Å². The molecule has 1 heterocycles. The van der Waals surface area contributed by atoms with Crippen LogP contribution in [0.25, 0.3) is 0 Å². The van der Waals surface area contributed by atoms with E-state index in [4.69, 9.17) is 17.3 Å². The summed E-state index contributed by atoms with van der Waals surface area (Å²) in [5.41, 5.74) is 6.64. The Morgan fingerprint density at radius 3 is 2.86 bits per heavy atom. The van der Waals surface area contributed by atoms with Crippen molar-refractivity contribution >= 4 is 29.3 Å². The van der Waals surface area contributed by atoms with Crippen LogP contribution in [0.2, 0.25) is 5.02 Å². The van der Waals surface area contributed by atoms with Crippen LogP contribution >= 0.6 is 11.6 Å². The number of urea groups is 1. The number of hydrogen-bond donors (Lipinski definition) is 2. The predicted octanol–water partition coefficient (Wildman–Crippen LogP) is 2.47. The standard InChI is InChI=1S/C15H20ClN3O3/c1-22-14(20)12-9-11(4-5-13(12)16)18-15(21)19-7-2-3-10(17)6-8-19/h4-5,9-10H,2-3,6-8,17H2,1H3,(H,18,21)/t10-/m1/s1. The summed E-state index contributed by atoms with van der Waals surface area (Å²) < 4.78 is 4.66. The molecule has 0 aliphatic carbocycles. The number of carbonyl (C=O) groups excluding carboxylic acids is 2. The molecule has 3 N–H and O–H groups in total. The second kappa shape index (κ2) is 7.47. The molecule has 7 heteroatoms. The molecule has 1 fully saturated rings. The van der Waals surface area contributed by atoms with E-state index in [1.165, 1.54) is 13.2 Å². The van der Waals surface area contributed by atoms with Gasteiger partial charge in [-0.25, -0.2) is 9.59 Å². The third-order valence-electron chi connectivity index (χ3n) is 3.68. The van der Waals surface area contributed by atoms with Gasteiger partial charge >= 0.3 is 12.0 Å². The maximum Gasteiger partial charge on any atom is 0.339 e. The highest BCUT2D eigenvalue weighted by molar-refractivity contribution is 6.33. The molecule has 0 radical (unpaired) electrons. The van der Waals surface area contributed by atoms with Crippen LogP contribution in [0.15, 0.2) is 18.2 Å². The van der Waals surface area contributed by atoms with Crippen LogP contribution in [0.3, 0.4) is 0 Å². The topological polar surface area (TPSA) is 84.7 Å². The molecule has 2 rings (SSSR count). The van der Waals surface area contributed by atoms with Crippen LogP contribution in [-0.4, -0.2) is 43.1 Å². The van der Waals surface area contributed by atoms with Gasteiger partial charge in [0.1, 0.15) is 0 Å². The van der Waals surface area contributed by atoms with Gasteiger partial charge in [0.15, 0.2) is 0 Å². The smallest absolute Gasteiger partial charge is 0.339 e. The van der Waals surface area contributed by atoms with Gasteiger partial charge in [-0.1, -0.05) is 11.6 Å². The minimum Gasteiger partial charge on any atom is -0.465 e. The van der Waals surface area contributed by atoms with Crippen molar-refractivity contribution in [1.82, 2.24) is 4.90 Å². The van der Waals surface area contributed by atoms with Crippen molar-refractivity contribution in [3.63, 3.8) is 0 Å². The monoisotopic (exact) mass is 325 g/mol. The lowest BCUT2D eigenvalue weighted by molar-refractivity contribution is 0.0601. The summed E-state index contributed by atoms with van der Waals surface area (Å²) in [5, 5.41) is 3.06. The summed E-state index contributed by atoms with van der Waals surface area (Å²) in [5.74, 6) is -0.540. The van der Waals surface area contributed by atoms with Crippen molar-refractivity contribution in [1.29, 1.82) is 0 Å². The number of likely N-dealkylation sites (tertiary alicyclic amines) is 1. The summed E-state index contributed by atoms with van der Waals surface area (Å²) in [7, 11) is 1.28. The van der Waals surface area contributed by atoms with Crippen molar-refractivity contribution in [3.05, 3.63) is 28.8 Å². The number of nitrogens with zero attached hydrogens (tertiary/aromatic N) is 1. The van der Waals surface area contributed by atoms with Crippen molar-refractivity contribution in [2.24, 2.45) is 5.73 Å². The summed E-state index contributed by atoms with van der Waals surface area (Å²) in [6.45, 7) is 1.31. The number of rotatable bonds is 2. The van der Waals surface area contributed by atoms with Crippen LogP contribution < -0.4 is 11.1 Å². The van der Waals surface area contributed by atoms with E-state index in [0.29, 0.717) is 18.8 Å². The zero-order chi connectivity index (χ0) is 16.1. The van der Waals surface area contributed by atoms with Crippen LogP contribution in [0.4, 0.5) is 10.5 Å². The van der Waals surface area contributed by atoms with Crippen LogP contribution in [0.5, 0.6) is 0 Å². The summed E-state index contributed by atoms with van der Waals surface area (Å²) >= 11 is 5.95. The van der Waals surface area contributed by atoms with E-state index in [2.05, 4.69) is 10.1 Å². The highest BCUT2D eigenvalue weighted by atomic mass is 35.5. The van der Waals surface area contributed by atoms with E-state index >= 15 is 0 Å². The number of carbonyl (C=O) groups is 2. The number of halogens is 1. The van der Waals surface area contributed by atoms with E-state index in [1.807, 2.05) is 0 Å². The number of esters is 1. The molecule has 1 aromatic carbocycles. The minimum absolute atomic E-state index is 0.152. The minimum atomic E-state index is -0.540. The fourth-order valence-electron chi connectivity index (χ4n) is 2.40. The van der Waals surface area contributed by atoms with Crippen molar-refractivity contribution in [3.8, 4) is 0 Å². The summed E-state index contributed by atoms with van der Waals surface area (Å²) in [6, 6.07) is 4.67. The first-order valence-corrected chi connectivity index (χ1v) is 7.58. The molecule has 2 amide bonds. The zero-order valence-corrected chi connectivity index (χ0v) is 13.2. The predicted molar refractivity (Wildman–Crippen MR) is 85.2 cm³/mol. The van der Waals surface area contributed by atoms with Crippen LogP contribution in [-0.2, 0) is 4.74 Å². The highest BCUT2D eigenvalue weighted by Gasteiger charge is 2.19. The lowest BCUT2D eigenvalue weighted by Crippen LogP contribution is -2.36. The second-order valence-electron chi connectivity index (χ2n) is 5.29. The molecule has 22 heavy (non-hydrogen) atoms. The molecule has 1 aromatic rings. The quantitative estimate of drug-likeness (QED) is 0.818. The Kier molecular flexibility index (Phi) is 5.63. The third-order valence-corrected chi connectivity index (χ3v) is 4.01. The van der Waals surface area contributed by atoms with E-state index in [-0.39, 0.29) is 22.7 Å². The van der Waals surface area contributed by atoms with E-state index in [9.17, 15) is 9.59 Å². The maximum absolute atomic E-state index is 12.3. The van der Waals surface area contributed by atoms with Crippen LogP contribution in [0.1, 0.15) is 29.6 Å². The van der Waals surface area contributed by atoms with Gasteiger partial charge in [-0.2, -0.15) is 0 Å². The molecule has 0 unspecified atom stereocenters. The normalized spacial score (nSPS) is 18.5. The Morgan fingerprint density at radius 1 is 1.36 bits per heavy atom. The number of hydrogen-bond acceptors (Lipinski definition) is 4. The number of nitrogens with two attached hydrogens (primary N) is 1. The Bertz CT molecular complexity index is 565. The number of amides is 2. The Balaban J connectivity index is 2.06. The second-order valence-corrected chi connectivity index (χ2v) is 5.70. The lowest BCUT2D eigenvalue weighted by atomic mass is 10.1. The molecule has 1 aliphatic rings. The van der Waals surface area contributed by atoms with Gasteiger partial charge in [0.2, 0.25) is 0 Å². The van der Waals surface area contributed by atoms with E-state index in [0.717, 1.165) is 19.3 Å². The van der Waals surface area contributed by atoms with Gasteiger partial charge in [-0.15, -0.1) is 0 Å². The number of ether oxygens (including phenoxy) is 1. The number of benzene rings is 1. The fourth-order valence-corrected chi connectivity index (χ4v) is 2.59. The Hall–Kier alpha value is -1.79. The first kappa shape index (κ1) is 16.6. The molecule has 0 bridgehead atoms. The third kappa shape index (κ3) is 4.11. The van der Waals surface area contributed by atoms with Crippen molar-refractivity contribution < 1.29 is 14.3 Å². The van der Waals surface area contributed by atoms with Gasteiger partial charge in [0, 0.05) is 24.8 Å². The van der Waals surface area contributed by atoms with Gasteiger partial charge in [0.25, 0.3) is 0 Å². The molecule has 0 aromatic heterocycles. The van der Waals surface area contributed by atoms with Crippen molar-refractivity contribution in [2.75, 3.05) is 25.5 Å². The Morgan fingerprint density at radius 2 is 2.14 bits per heavy atom. The zero-order valence-electron chi connectivity index (χ0n) is 12.5. The first-order chi connectivity index (χ1) is 10.5. The number of nitrogens with one attached hydrogen (secondary N) is 1. The number of methoxy groups -OCH3 is 1. The Labute approximate surface area is 134 Å². The fraction of sp³-hybridized carbons (Fsp3) is 0.467. The molecule has 120 valence electrons. The van der Waals surface area contributed by atoms with Gasteiger partial charge in [-0.3, -0.25) is 0 Å². The molecular formula is C15H20ClN3O3. The maximum atomic E-state index is 12.3. The molecule has 0 saturated carbocycles. The molecule has 1 saturated heterocycles. The first-order valence-electron chi connectivity index (χ1n) is 7.20. The molecule has 6 nitrogen and oxygen atoms in total. The highest BCUT2D eigenvalue weighted by Crippen LogP contribution is 2.22. The molecule has 1 aliphatic heterocycles. The van der Waals surface area contributed by atoms with Gasteiger partial charge in [-0.05, 0) is 37.5 Å². The van der Waals surface area contributed by atoms with Crippen molar-refractivity contribution in [2.45, 2.75) is 25.3 Å². The molecular weight excluding hydrogens is 306 g/mol.